The van der Waals surface area contributed by atoms with Gasteiger partial charge in [0.1, 0.15) is 12.2 Å². The van der Waals surface area contributed by atoms with Gasteiger partial charge in [-0.05, 0) is 22.3 Å². The molecule has 0 aliphatic carbocycles. The van der Waals surface area contributed by atoms with E-state index in [1.165, 1.54) is 0 Å². The molecular weight excluding hydrogens is 452 g/mol. The molecule has 2 aliphatic heterocycles. The molecule has 0 amide bonds. The maximum absolute atomic E-state index is 12.6. The van der Waals surface area contributed by atoms with Gasteiger partial charge in [0.15, 0.2) is 0 Å². The van der Waals surface area contributed by atoms with Gasteiger partial charge in [0, 0.05) is 6.42 Å². The van der Waals surface area contributed by atoms with Crippen molar-refractivity contribution in [2.24, 2.45) is 0 Å². The first-order chi connectivity index (χ1) is 16.2. The first-order valence-corrected chi connectivity index (χ1v) is 13.7. The summed E-state index contributed by atoms with van der Waals surface area (Å²) in [7, 11) is -3.01. The lowest BCUT2D eigenvalue weighted by Crippen LogP contribution is -2.69. The van der Waals surface area contributed by atoms with Gasteiger partial charge in [-0.1, -0.05) is 81.4 Å². The largest absolute Gasteiger partial charge is 0.462 e. The molecule has 4 rings (SSSR count). The molecular formula is C26H34O7Si. The second kappa shape index (κ2) is 9.52. The standard InChI is InChI=1S/C26H34O7Si/c1-5-30-24(29)26-16-20(28)22(31-26)23(32-26)21(17-27)33-34(25(2,3)4,18-12-8-6-9-13-18)19-14-10-7-11-15-19/h6-15,20-23,27-28H,5,16-17H2,1-4H3/t20-,21+,22+,23+,26+/m0/s1. The van der Waals surface area contributed by atoms with E-state index in [1.54, 1.807) is 6.92 Å². The molecule has 2 aromatic rings. The molecule has 2 fully saturated rings. The van der Waals surface area contributed by atoms with Gasteiger partial charge < -0.3 is 28.8 Å². The van der Waals surface area contributed by atoms with E-state index in [9.17, 15) is 15.0 Å². The molecule has 0 aromatic heterocycles. The maximum Gasteiger partial charge on any atom is 0.366 e. The quantitative estimate of drug-likeness (QED) is 0.434. The summed E-state index contributed by atoms with van der Waals surface area (Å²) in [6.07, 6.45) is -3.41. The SMILES string of the molecule is CCOC(=O)[C@]12C[C@H](O)[C@@H](O1)[C@@H]([C@@H](CO)O[Si](c1ccccc1)(c1ccccc1)C(C)(C)C)O2. The van der Waals surface area contributed by atoms with Crippen LogP contribution in [-0.4, -0.2) is 67.9 Å². The van der Waals surface area contributed by atoms with Crippen molar-refractivity contribution in [1.29, 1.82) is 0 Å². The minimum atomic E-state index is -3.01. The lowest BCUT2D eigenvalue weighted by Gasteiger charge is -2.46. The van der Waals surface area contributed by atoms with E-state index in [1.807, 2.05) is 36.4 Å². The highest BCUT2D eigenvalue weighted by Gasteiger charge is 2.66. The highest BCUT2D eigenvalue weighted by atomic mass is 28.4. The van der Waals surface area contributed by atoms with Crippen molar-refractivity contribution in [3.05, 3.63) is 60.7 Å². The lowest BCUT2D eigenvalue weighted by molar-refractivity contribution is -0.213. The van der Waals surface area contributed by atoms with Crippen LogP contribution in [0.1, 0.15) is 34.1 Å². The molecule has 2 saturated heterocycles. The summed E-state index contributed by atoms with van der Waals surface area (Å²) in [5.41, 5.74) is 0. The van der Waals surface area contributed by atoms with E-state index in [4.69, 9.17) is 18.6 Å². The highest BCUT2D eigenvalue weighted by Crippen LogP contribution is 2.46. The van der Waals surface area contributed by atoms with Gasteiger partial charge in [-0.2, -0.15) is 0 Å². The summed E-state index contributed by atoms with van der Waals surface area (Å²) in [6, 6.07) is 20.1. The number of rotatable bonds is 8. The van der Waals surface area contributed by atoms with Crippen LogP contribution in [0.15, 0.2) is 60.7 Å². The molecule has 5 atom stereocenters. The third kappa shape index (κ3) is 4.12. The van der Waals surface area contributed by atoms with Gasteiger partial charge in [-0.25, -0.2) is 4.79 Å². The van der Waals surface area contributed by atoms with E-state index in [2.05, 4.69) is 45.0 Å². The fourth-order valence-electron chi connectivity index (χ4n) is 5.22. The summed E-state index contributed by atoms with van der Waals surface area (Å²) in [4.78, 5) is 12.6. The van der Waals surface area contributed by atoms with Crippen LogP contribution in [0, 0.1) is 0 Å². The van der Waals surface area contributed by atoms with Crippen LogP contribution in [0.25, 0.3) is 0 Å². The number of hydrogen-bond acceptors (Lipinski definition) is 7. The van der Waals surface area contributed by atoms with Crippen molar-refractivity contribution >= 4 is 24.7 Å². The van der Waals surface area contributed by atoms with Gasteiger partial charge in [0.05, 0.1) is 25.4 Å². The van der Waals surface area contributed by atoms with Crippen LogP contribution in [-0.2, 0) is 23.4 Å². The molecule has 0 unspecified atom stereocenters. The smallest absolute Gasteiger partial charge is 0.366 e. The van der Waals surface area contributed by atoms with E-state index in [-0.39, 0.29) is 24.7 Å². The predicted molar refractivity (Wildman–Crippen MR) is 129 cm³/mol. The van der Waals surface area contributed by atoms with Crippen molar-refractivity contribution in [3.63, 3.8) is 0 Å². The Hall–Kier alpha value is -2.07. The second-order valence-corrected chi connectivity index (χ2v) is 14.2. The van der Waals surface area contributed by atoms with E-state index >= 15 is 0 Å². The average molecular weight is 487 g/mol. The van der Waals surface area contributed by atoms with Crippen LogP contribution in [0.5, 0.6) is 0 Å². The average Bonchev–Trinajstić information content (AvgIpc) is 3.37. The fourth-order valence-corrected chi connectivity index (χ4v) is 9.90. The Bertz CT molecular complexity index is 938. The molecule has 0 spiro atoms. The molecule has 2 aliphatic rings. The van der Waals surface area contributed by atoms with Crippen LogP contribution in [0.4, 0.5) is 0 Å². The zero-order valence-corrected chi connectivity index (χ0v) is 21.1. The summed E-state index contributed by atoms with van der Waals surface area (Å²) >= 11 is 0. The number of benzene rings is 2. The summed E-state index contributed by atoms with van der Waals surface area (Å²) in [5, 5.41) is 23.0. The predicted octanol–water partition coefficient (Wildman–Crippen LogP) is 1.73. The van der Waals surface area contributed by atoms with Crippen molar-refractivity contribution in [3.8, 4) is 0 Å². The fraction of sp³-hybridized carbons (Fsp3) is 0.500. The van der Waals surface area contributed by atoms with E-state index in [0.29, 0.717) is 0 Å². The topological polar surface area (TPSA) is 94.5 Å². The van der Waals surface area contributed by atoms with Crippen LogP contribution in [0.3, 0.4) is 0 Å². The third-order valence-electron chi connectivity index (χ3n) is 6.71. The number of aliphatic hydroxyl groups is 2. The van der Waals surface area contributed by atoms with Crippen molar-refractivity contribution in [2.45, 2.75) is 69.4 Å². The lowest BCUT2D eigenvalue weighted by atomic mass is 9.98. The Morgan fingerprint density at radius 3 is 2.12 bits per heavy atom. The highest BCUT2D eigenvalue weighted by molar-refractivity contribution is 6.99. The molecule has 8 heteroatoms. The normalized spacial score (nSPS) is 27.5. The first kappa shape index (κ1) is 25.0. The summed E-state index contributed by atoms with van der Waals surface area (Å²) < 4.78 is 24.1. The Labute approximate surface area is 201 Å². The molecule has 2 bridgehead atoms. The molecule has 0 saturated carbocycles. The first-order valence-electron chi connectivity index (χ1n) is 11.8. The van der Waals surface area contributed by atoms with E-state index < -0.39 is 44.5 Å². The Balaban J connectivity index is 1.76. The van der Waals surface area contributed by atoms with Crippen LogP contribution >= 0.6 is 0 Å². The number of aliphatic hydroxyl groups excluding tert-OH is 2. The van der Waals surface area contributed by atoms with Crippen molar-refractivity contribution in [2.75, 3.05) is 13.2 Å². The summed E-state index contributed by atoms with van der Waals surface area (Å²) in [6.45, 7) is 7.93. The monoisotopic (exact) mass is 486 g/mol. The molecule has 7 nitrogen and oxygen atoms in total. The number of fused-ring (bicyclic) bond motifs is 2. The summed E-state index contributed by atoms with van der Waals surface area (Å²) in [5.74, 6) is -2.34. The Morgan fingerprint density at radius 1 is 1.09 bits per heavy atom. The number of esters is 1. The van der Waals surface area contributed by atoms with Crippen LogP contribution < -0.4 is 10.4 Å². The second-order valence-electron chi connectivity index (χ2n) is 9.91. The number of ether oxygens (including phenoxy) is 3. The van der Waals surface area contributed by atoms with E-state index in [0.717, 1.165) is 10.4 Å². The Morgan fingerprint density at radius 2 is 1.65 bits per heavy atom. The van der Waals surface area contributed by atoms with Gasteiger partial charge >= 0.3 is 5.97 Å². The van der Waals surface area contributed by atoms with Gasteiger partial charge in [0.2, 0.25) is 0 Å². The Kier molecular flexibility index (Phi) is 7.01. The number of hydrogen-bond donors (Lipinski definition) is 2. The molecule has 184 valence electrons. The van der Waals surface area contributed by atoms with Crippen molar-refractivity contribution in [1.82, 2.24) is 0 Å². The molecule has 2 heterocycles. The number of carbonyl (C=O) groups is 1. The number of carbonyl (C=O) groups excluding carboxylic acids is 1. The maximum atomic E-state index is 12.6. The third-order valence-corrected chi connectivity index (χ3v) is 11.8. The minimum absolute atomic E-state index is 0.00956. The van der Waals surface area contributed by atoms with Crippen LogP contribution in [0.2, 0.25) is 5.04 Å². The molecule has 2 aromatic carbocycles. The molecule has 0 radical (unpaired) electrons. The molecule has 2 N–H and O–H groups in total. The molecule has 34 heavy (non-hydrogen) atoms. The van der Waals surface area contributed by atoms with Gasteiger partial charge in [-0.3, -0.25) is 0 Å². The zero-order valence-electron chi connectivity index (χ0n) is 20.1. The van der Waals surface area contributed by atoms with Crippen molar-refractivity contribution < 1.29 is 33.6 Å². The van der Waals surface area contributed by atoms with Gasteiger partial charge in [0.25, 0.3) is 14.1 Å². The minimum Gasteiger partial charge on any atom is -0.462 e. The zero-order chi connectivity index (χ0) is 24.6. The van der Waals surface area contributed by atoms with Gasteiger partial charge in [-0.15, -0.1) is 0 Å².